The molecule has 182 valence electrons. The van der Waals surface area contributed by atoms with Gasteiger partial charge in [0.1, 0.15) is 17.1 Å². The highest BCUT2D eigenvalue weighted by molar-refractivity contribution is 6.09. The van der Waals surface area contributed by atoms with Crippen molar-refractivity contribution in [2.75, 3.05) is 0 Å². The molecule has 0 aliphatic heterocycles. The number of rotatable bonds is 11. The van der Waals surface area contributed by atoms with E-state index in [1.807, 2.05) is 0 Å². The molecule has 0 aliphatic carbocycles. The second kappa shape index (κ2) is 12.7. The molecular formula is C23H28F3NO6. The molecule has 0 bridgehead atoms. The molecule has 1 unspecified atom stereocenters. The fourth-order valence-electron chi connectivity index (χ4n) is 2.84. The average Bonchev–Trinajstić information content (AvgIpc) is 2.69. The van der Waals surface area contributed by atoms with Crippen LogP contribution >= 0.6 is 0 Å². The van der Waals surface area contributed by atoms with Crippen molar-refractivity contribution in [1.82, 2.24) is 5.32 Å². The molecule has 0 aromatic carbocycles. The number of ketones is 1. The largest absolute Gasteiger partial charge is 0.507 e. The normalized spacial score (nSPS) is 13.9. The minimum atomic E-state index is -4.22. The van der Waals surface area contributed by atoms with Crippen LogP contribution in [0.1, 0.15) is 74.9 Å². The highest BCUT2D eigenvalue weighted by Crippen LogP contribution is 2.26. The Labute approximate surface area is 189 Å². The van der Waals surface area contributed by atoms with Gasteiger partial charge < -0.3 is 14.6 Å². The topological polar surface area (TPSA) is 117 Å². The summed E-state index contributed by atoms with van der Waals surface area (Å²) in [6.45, 7) is 4.81. The molecule has 1 aromatic rings. The fraction of sp³-hybridized carbons (Fsp3) is 0.435. The van der Waals surface area contributed by atoms with E-state index in [1.165, 1.54) is 31.3 Å². The number of carbonyl (C=O) groups excluding carboxylic acids is 1. The second-order valence-corrected chi connectivity index (χ2v) is 7.69. The SMILES string of the molecule is C/C(=C\C=C(/C)C(=O)c1c(O)cc(C(C)CC/C=C/NC(=O)O)oc1=O)CCCC(F)(F)F. The Morgan fingerprint density at radius 3 is 2.48 bits per heavy atom. The maximum absolute atomic E-state index is 12.6. The van der Waals surface area contributed by atoms with Crippen LogP contribution < -0.4 is 10.9 Å². The van der Waals surface area contributed by atoms with Crippen molar-refractivity contribution in [3.63, 3.8) is 0 Å². The Morgan fingerprint density at radius 1 is 1.24 bits per heavy atom. The van der Waals surface area contributed by atoms with Gasteiger partial charge in [-0.05, 0) is 45.1 Å². The van der Waals surface area contributed by atoms with E-state index in [9.17, 15) is 32.7 Å². The Morgan fingerprint density at radius 2 is 1.91 bits per heavy atom. The predicted octanol–water partition coefficient (Wildman–Crippen LogP) is 5.82. The summed E-state index contributed by atoms with van der Waals surface area (Å²) in [4.78, 5) is 35.3. The zero-order valence-electron chi connectivity index (χ0n) is 18.7. The van der Waals surface area contributed by atoms with Crippen LogP contribution in [0.15, 0.2) is 50.9 Å². The predicted molar refractivity (Wildman–Crippen MR) is 116 cm³/mol. The maximum atomic E-state index is 12.6. The molecule has 0 fully saturated rings. The Balaban J connectivity index is 2.86. The number of carboxylic acid groups (broad SMARTS) is 1. The third-order valence-electron chi connectivity index (χ3n) is 4.76. The highest BCUT2D eigenvalue weighted by Gasteiger charge is 2.26. The molecule has 0 aliphatic rings. The molecule has 0 saturated heterocycles. The lowest BCUT2D eigenvalue weighted by atomic mass is 9.99. The third-order valence-corrected chi connectivity index (χ3v) is 4.76. The average molecular weight is 471 g/mol. The van der Waals surface area contributed by atoms with Crippen LogP contribution in [-0.4, -0.2) is 28.3 Å². The van der Waals surface area contributed by atoms with Gasteiger partial charge in [-0.2, -0.15) is 13.2 Å². The van der Waals surface area contributed by atoms with Crippen LogP contribution in [0.5, 0.6) is 5.75 Å². The van der Waals surface area contributed by atoms with Gasteiger partial charge in [-0.3, -0.25) is 10.1 Å². The van der Waals surface area contributed by atoms with Gasteiger partial charge in [0.05, 0.1) is 0 Å². The van der Waals surface area contributed by atoms with Crippen LogP contribution in [0.3, 0.4) is 0 Å². The first-order valence-corrected chi connectivity index (χ1v) is 10.3. The van der Waals surface area contributed by atoms with Crippen molar-refractivity contribution in [2.24, 2.45) is 0 Å². The summed E-state index contributed by atoms with van der Waals surface area (Å²) < 4.78 is 41.9. The smallest absolute Gasteiger partial charge is 0.408 e. The maximum Gasteiger partial charge on any atom is 0.408 e. The van der Waals surface area contributed by atoms with Crippen molar-refractivity contribution in [3.05, 3.63) is 63.4 Å². The fourth-order valence-corrected chi connectivity index (χ4v) is 2.84. The third kappa shape index (κ3) is 10.2. The summed E-state index contributed by atoms with van der Waals surface area (Å²) in [6, 6.07) is 1.20. The number of allylic oxidation sites excluding steroid dienone is 5. The number of hydrogen-bond acceptors (Lipinski definition) is 5. The number of hydrogen-bond donors (Lipinski definition) is 3. The number of carbonyl (C=O) groups is 2. The van der Waals surface area contributed by atoms with E-state index in [0.29, 0.717) is 18.4 Å². The van der Waals surface area contributed by atoms with E-state index in [0.717, 1.165) is 0 Å². The van der Waals surface area contributed by atoms with Gasteiger partial charge in [-0.1, -0.05) is 30.7 Å². The van der Waals surface area contributed by atoms with Gasteiger partial charge in [0.15, 0.2) is 5.78 Å². The number of halogens is 3. The van der Waals surface area contributed by atoms with E-state index in [4.69, 9.17) is 9.52 Å². The van der Waals surface area contributed by atoms with Crippen LogP contribution in [0, 0.1) is 0 Å². The summed E-state index contributed by atoms with van der Waals surface area (Å²) in [5, 5.41) is 20.8. The van der Waals surface area contributed by atoms with Gasteiger partial charge in [-0.25, -0.2) is 9.59 Å². The van der Waals surface area contributed by atoms with Crippen molar-refractivity contribution < 1.29 is 37.4 Å². The van der Waals surface area contributed by atoms with Crippen LogP contribution in [-0.2, 0) is 0 Å². The molecule has 1 aromatic heterocycles. The van der Waals surface area contributed by atoms with E-state index in [-0.39, 0.29) is 30.1 Å². The Bertz CT molecular complexity index is 989. The van der Waals surface area contributed by atoms with E-state index in [1.54, 1.807) is 19.9 Å². The summed E-state index contributed by atoms with van der Waals surface area (Å²) >= 11 is 0. The first-order chi connectivity index (χ1) is 15.3. The van der Waals surface area contributed by atoms with Crippen LogP contribution in [0.4, 0.5) is 18.0 Å². The monoisotopic (exact) mass is 471 g/mol. The quantitative estimate of drug-likeness (QED) is 0.213. The summed E-state index contributed by atoms with van der Waals surface area (Å²) in [5.74, 6) is -1.39. The number of nitrogens with one attached hydrogen (secondary N) is 1. The molecule has 1 amide bonds. The molecule has 33 heavy (non-hydrogen) atoms. The highest BCUT2D eigenvalue weighted by atomic mass is 19.4. The molecule has 0 spiro atoms. The van der Waals surface area contributed by atoms with Gasteiger partial charge in [0.2, 0.25) is 0 Å². The lowest BCUT2D eigenvalue weighted by Crippen LogP contribution is -2.16. The van der Waals surface area contributed by atoms with Gasteiger partial charge in [0, 0.05) is 24.6 Å². The summed E-state index contributed by atoms with van der Waals surface area (Å²) in [6.07, 6.45) is 0.561. The minimum absolute atomic E-state index is 0.0669. The van der Waals surface area contributed by atoms with Crippen LogP contribution in [0.2, 0.25) is 0 Å². The van der Waals surface area contributed by atoms with Crippen molar-refractivity contribution in [3.8, 4) is 5.75 Å². The van der Waals surface area contributed by atoms with Gasteiger partial charge in [0.25, 0.3) is 0 Å². The van der Waals surface area contributed by atoms with E-state index < -0.39 is 41.4 Å². The molecule has 1 heterocycles. The second-order valence-electron chi connectivity index (χ2n) is 7.69. The first kappa shape index (κ1) is 27.7. The summed E-state index contributed by atoms with van der Waals surface area (Å²) in [7, 11) is 0. The molecule has 1 rings (SSSR count). The van der Waals surface area contributed by atoms with E-state index >= 15 is 0 Å². The van der Waals surface area contributed by atoms with Crippen molar-refractivity contribution in [1.29, 1.82) is 0 Å². The summed E-state index contributed by atoms with van der Waals surface area (Å²) in [5.41, 5.74) is -0.763. The lowest BCUT2D eigenvalue weighted by molar-refractivity contribution is -0.135. The number of Topliss-reactive ketones (excluding diaryl/α,β-unsaturated/α-hetero) is 1. The van der Waals surface area contributed by atoms with Crippen molar-refractivity contribution in [2.45, 2.75) is 65.0 Å². The Hall–Kier alpha value is -3.30. The lowest BCUT2D eigenvalue weighted by Gasteiger charge is -2.11. The van der Waals surface area contributed by atoms with Gasteiger partial charge in [-0.15, -0.1) is 0 Å². The van der Waals surface area contributed by atoms with E-state index in [2.05, 4.69) is 5.32 Å². The molecule has 0 saturated carbocycles. The van der Waals surface area contributed by atoms with Crippen LogP contribution in [0.25, 0.3) is 0 Å². The zero-order valence-corrected chi connectivity index (χ0v) is 18.7. The molecule has 0 radical (unpaired) electrons. The zero-order chi connectivity index (χ0) is 25.2. The van der Waals surface area contributed by atoms with Crippen molar-refractivity contribution >= 4 is 11.9 Å². The molecular weight excluding hydrogens is 443 g/mol. The standard InChI is InChI=1S/C23H28F3NO6/c1-14(7-6-11-23(24,25)26)9-10-16(3)20(29)19-17(28)13-18(33-21(19)30)15(2)8-4-5-12-27-22(31)32/h5,9-10,12-13,15,27-28H,4,6-8,11H2,1-3H3,(H,31,32)/b12-5+,14-9+,16-10+. The molecule has 7 nitrogen and oxygen atoms in total. The molecule has 10 heteroatoms. The number of alkyl halides is 3. The number of amides is 1. The van der Waals surface area contributed by atoms with Gasteiger partial charge >= 0.3 is 17.9 Å². The number of aromatic hydroxyl groups is 1. The molecule has 3 N–H and O–H groups in total. The minimum Gasteiger partial charge on any atom is -0.507 e. The Kier molecular flexibility index (Phi) is 10.6. The first-order valence-electron chi connectivity index (χ1n) is 10.3. The molecule has 1 atom stereocenters.